The first-order valence-electron chi connectivity index (χ1n) is 5.87. The molecule has 1 rings (SSSR count). The highest BCUT2D eigenvalue weighted by atomic mass is 79.9. The molecule has 6 nitrogen and oxygen atoms in total. The van der Waals surface area contributed by atoms with Gasteiger partial charge in [-0.25, -0.2) is 17.9 Å². The van der Waals surface area contributed by atoms with Crippen LogP contribution in [0.15, 0.2) is 14.7 Å². The quantitative estimate of drug-likeness (QED) is 0.748. The number of thiophene rings is 1. The third-order valence-electron chi connectivity index (χ3n) is 2.79. The average molecular weight is 385 g/mol. The molecule has 20 heavy (non-hydrogen) atoms. The third kappa shape index (κ3) is 4.52. The molecular formula is C11H17BrN2O4S2. The fraction of sp³-hybridized carbons (Fsp3) is 0.545. The van der Waals surface area contributed by atoms with E-state index in [1.165, 1.54) is 0 Å². The smallest absolute Gasteiger partial charge is 0.345 e. The van der Waals surface area contributed by atoms with Gasteiger partial charge in [0.1, 0.15) is 9.77 Å². The Morgan fingerprint density at radius 1 is 1.55 bits per heavy atom. The third-order valence-corrected chi connectivity index (χ3v) is 6.50. The Morgan fingerprint density at radius 3 is 2.60 bits per heavy atom. The summed E-state index contributed by atoms with van der Waals surface area (Å²) >= 11 is 3.97. The fourth-order valence-electron chi connectivity index (χ4n) is 1.33. The van der Waals surface area contributed by atoms with Gasteiger partial charge in [0.15, 0.2) is 0 Å². The van der Waals surface area contributed by atoms with Crippen molar-refractivity contribution in [2.45, 2.75) is 24.8 Å². The van der Waals surface area contributed by atoms with Gasteiger partial charge in [0.25, 0.3) is 0 Å². The molecule has 2 N–H and O–H groups in total. The maximum atomic E-state index is 12.1. The number of nitrogens with one attached hydrogen (secondary N) is 1. The summed E-state index contributed by atoms with van der Waals surface area (Å²) in [6, 6.07) is 1.48. The summed E-state index contributed by atoms with van der Waals surface area (Å²) in [6.45, 7) is 4.87. The molecule has 0 atom stereocenters. The number of carbonyl (C=O) groups is 1. The lowest BCUT2D eigenvalue weighted by molar-refractivity contribution is 0.0702. The van der Waals surface area contributed by atoms with Gasteiger partial charge in [-0.05, 0) is 42.9 Å². The van der Waals surface area contributed by atoms with Crippen molar-refractivity contribution in [2.75, 3.05) is 20.1 Å². The minimum Gasteiger partial charge on any atom is -0.477 e. The normalized spacial score (nSPS) is 12.3. The monoisotopic (exact) mass is 384 g/mol. The molecule has 1 aromatic heterocycles. The summed E-state index contributed by atoms with van der Waals surface area (Å²) in [7, 11) is -1.80. The van der Waals surface area contributed by atoms with Gasteiger partial charge in [-0.1, -0.05) is 0 Å². The number of aromatic carboxylic acids is 1. The number of likely N-dealkylation sites (N-methyl/N-ethyl adjacent to an activating group) is 1. The Kier molecular flexibility index (Phi) is 6.14. The van der Waals surface area contributed by atoms with E-state index in [4.69, 9.17) is 5.11 Å². The van der Waals surface area contributed by atoms with Crippen molar-refractivity contribution in [3.63, 3.8) is 0 Å². The maximum absolute atomic E-state index is 12.1. The zero-order chi connectivity index (χ0) is 15.5. The highest BCUT2D eigenvalue weighted by Crippen LogP contribution is 2.31. The van der Waals surface area contributed by atoms with Crippen molar-refractivity contribution < 1.29 is 18.3 Å². The van der Waals surface area contributed by atoms with Crippen LogP contribution in [-0.2, 0) is 10.0 Å². The molecule has 0 aromatic carbocycles. The van der Waals surface area contributed by atoms with E-state index < -0.39 is 16.0 Å². The maximum Gasteiger partial charge on any atom is 0.345 e. The SMILES string of the molecule is CC(C)N(C)CCNS(=O)(=O)c1cc(C(=O)O)sc1Br. The lowest BCUT2D eigenvalue weighted by Gasteiger charge is -2.20. The van der Waals surface area contributed by atoms with E-state index in [-0.39, 0.29) is 16.3 Å². The molecule has 0 saturated heterocycles. The summed E-state index contributed by atoms with van der Waals surface area (Å²) in [6.07, 6.45) is 0. The standard InChI is InChI=1S/C11H17BrN2O4S2/c1-7(2)14(3)5-4-13-20(17,18)9-6-8(11(15)16)19-10(9)12/h6-7,13H,4-5H2,1-3H3,(H,15,16). The van der Waals surface area contributed by atoms with E-state index in [1.54, 1.807) is 0 Å². The molecule has 0 aliphatic heterocycles. The highest BCUT2D eigenvalue weighted by Gasteiger charge is 2.22. The first-order chi connectivity index (χ1) is 9.15. The molecule has 0 bridgehead atoms. The summed E-state index contributed by atoms with van der Waals surface area (Å²) in [5.41, 5.74) is 0. The minimum atomic E-state index is -3.70. The summed E-state index contributed by atoms with van der Waals surface area (Å²) in [4.78, 5) is 12.8. The van der Waals surface area contributed by atoms with E-state index in [1.807, 2.05) is 25.8 Å². The molecule has 114 valence electrons. The molecule has 0 aliphatic carbocycles. The number of hydrogen-bond acceptors (Lipinski definition) is 5. The Balaban J connectivity index is 2.77. The Hall–Kier alpha value is -0.480. The molecule has 1 heterocycles. The lowest BCUT2D eigenvalue weighted by Crippen LogP contribution is -2.36. The predicted octanol–water partition coefficient (Wildman–Crippen LogP) is 1.83. The molecule has 9 heteroatoms. The lowest BCUT2D eigenvalue weighted by atomic mass is 10.3. The van der Waals surface area contributed by atoms with E-state index >= 15 is 0 Å². The van der Waals surface area contributed by atoms with Crippen molar-refractivity contribution in [2.24, 2.45) is 0 Å². The predicted molar refractivity (Wildman–Crippen MR) is 81.9 cm³/mol. The van der Waals surface area contributed by atoms with Crippen LogP contribution in [-0.4, -0.2) is 50.6 Å². The molecular weight excluding hydrogens is 368 g/mol. The Labute approximate surface area is 131 Å². The van der Waals surface area contributed by atoms with Crippen molar-refractivity contribution in [1.29, 1.82) is 0 Å². The summed E-state index contributed by atoms with van der Waals surface area (Å²) < 4.78 is 26.9. The number of nitrogens with zero attached hydrogens (tertiary/aromatic N) is 1. The Morgan fingerprint density at radius 2 is 2.15 bits per heavy atom. The van der Waals surface area contributed by atoms with E-state index in [0.29, 0.717) is 16.4 Å². The van der Waals surface area contributed by atoms with E-state index in [2.05, 4.69) is 20.7 Å². The molecule has 0 fully saturated rings. The number of sulfonamides is 1. The van der Waals surface area contributed by atoms with Crippen LogP contribution in [0, 0.1) is 0 Å². The highest BCUT2D eigenvalue weighted by molar-refractivity contribution is 9.11. The largest absolute Gasteiger partial charge is 0.477 e. The van der Waals surface area contributed by atoms with Crippen LogP contribution in [0.25, 0.3) is 0 Å². The van der Waals surface area contributed by atoms with Crippen molar-refractivity contribution in [1.82, 2.24) is 9.62 Å². The van der Waals surface area contributed by atoms with Gasteiger partial charge < -0.3 is 10.0 Å². The summed E-state index contributed by atoms with van der Waals surface area (Å²) in [5, 5.41) is 8.87. The second-order valence-corrected chi connectivity index (χ2v) is 8.63. The van der Waals surface area contributed by atoms with Gasteiger partial charge in [-0.3, -0.25) is 0 Å². The molecule has 0 spiro atoms. The fourth-order valence-corrected chi connectivity index (χ4v) is 4.76. The van der Waals surface area contributed by atoms with Gasteiger partial charge in [0.05, 0.1) is 3.79 Å². The van der Waals surface area contributed by atoms with Crippen LogP contribution < -0.4 is 4.72 Å². The van der Waals surface area contributed by atoms with Crippen LogP contribution >= 0.6 is 27.3 Å². The number of carboxylic acid groups (broad SMARTS) is 1. The molecule has 0 radical (unpaired) electrons. The number of rotatable bonds is 7. The Bertz CT molecular complexity index is 583. The first-order valence-corrected chi connectivity index (χ1v) is 8.97. The number of carboxylic acids is 1. The van der Waals surface area contributed by atoms with Crippen LogP contribution in [0.2, 0.25) is 0 Å². The number of hydrogen-bond donors (Lipinski definition) is 2. The molecule has 0 unspecified atom stereocenters. The van der Waals surface area contributed by atoms with Gasteiger partial charge >= 0.3 is 5.97 Å². The van der Waals surface area contributed by atoms with Crippen LogP contribution in [0.5, 0.6) is 0 Å². The van der Waals surface area contributed by atoms with Gasteiger partial charge in [0, 0.05) is 19.1 Å². The van der Waals surface area contributed by atoms with Crippen LogP contribution in [0.1, 0.15) is 23.5 Å². The minimum absolute atomic E-state index is 0.0171. The van der Waals surface area contributed by atoms with Crippen molar-refractivity contribution in [3.8, 4) is 0 Å². The first kappa shape index (κ1) is 17.6. The van der Waals surface area contributed by atoms with Crippen LogP contribution in [0.3, 0.4) is 0 Å². The van der Waals surface area contributed by atoms with Crippen molar-refractivity contribution >= 4 is 43.3 Å². The van der Waals surface area contributed by atoms with Gasteiger partial charge in [-0.2, -0.15) is 0 Å². The van der Waals surface area contributed by atoms with Gasteiger partial charge in [-0.15, -0.1) is 11.3 Å². The molecule has 1 aromatic rings. The summed E-state index contributed by atoms with van der Waals surface area (Å²) in [5.74, 6) is -1.14. The molecule has 0 amide bonds. The second kappa shape index (κ2) is 6.99. The molecule has 0 saturated carbocycles. The van der Waals surface area contributed by atoms with Crippen molar-refractivity contribution in [3.05, 3.63) is 14.7 Å². The zero-order valence-electron chi connectivity index (χ0n) is 11.4. The topological polar surface area (TPSA) is 86.7 Å². The second-order valence-electron chi connectivity index (χ2n) is 4.53. The van der Waals surface area contributed by atoms with Crippen LogP contribution in [0.4, 0.5) is 0 Å². The van der Waals surface area contributed by atoms with Gasteiger partial charge in [0.2, 0.25) is 10.0 Å². The number of halogens is 1. The average Bonchev–Trinajstić information content (AvgIpc) is 2.71. The van der Waals surface area contributed by atoms with E-state index in [9.17, 15) is 13.2 Å². The van der Waals surface area contributed by atoms with E-state index in [0.717, 1.165) is 17.4 Å². The zero-order valence-corrected chi connectivity index (χ0v) is 14.6. The molecule has 0 aliphatic rings.